The second-order valence-electron chi connectivity index (χ2n) is 1.74. The molecule has 0 unspecified atom stereocenters. The average Bonchev–Trinajstić information content (AvgIpc) is 2.15. The van der Waals surface area contributed by atoms with E-state index in [2.05, 4.69) is 13.2 Å². The van der Waals surface area contributed by atoms with Crippen LogP contribution in [0.15, 0.2) is 49.1 Å². The van der Waals surface area contributed by atoms with E-state index in [0.29, 0.717) is 0 Å². The van der Waals surface area contributed by atoms with Gasteiger partial charge >= 0.3 is 0 Å². The zero-order valence-corrected chi connectivity index (χ0v) is 8.84. The topological polar surface area (TPSA) is 17.1 Å². The first-order valence-electron chi connectivity index (χ1n) is 4.03. The predicted octanol–water partition coefficient (Wildman–Crippen LogP) is 3.63. The van der Waals surface area contributed by atoms with E-state index >= 15 is 0 Å². The fourth-order valence-electron chi connectivity index (χ4n) is 0.489. The Bertz CT molecular complexity index is 224. The Morgan fingerprint density at radius 1 is 1.23 bits per heavy atom. The van der Waals surface area contributed by atoms with E-state index in [0.717, 1.165) is 5.57 Å². The van der Waals surface area contributed by atoms with Gasteiger partial charge in [0.25, 0.3) is 0 Å². The van der Waals surface area contributed by atoms with E-state index in [9.17, 15) is 4.79 Å². The molecule has 72 valence electrons. The zero-order chi connectivity index (χ0) is 10.7. The second kappa shape index (κ2) is 10.9. The molecule has 0 heterocycles. The molecule has 0 amide bonds. The van der Waals surface area contributed by atoms with Crippen molar-refractivity contribution >= 4 is 16.8 Å². The molecule has 0 aromatic heterocycles. The SMILES string of the molecule is C=C/C=C(C=C)/C=C/C(=O)Cl.CC. The number of allylic oxidation sites excluding steroid dienone is 6. The lowest BCUT2D eigenvalue weighted by Gasteiger charge is -1.86. The highest BCUT2D eigenvalue weighted by Crippen LogP contribution is 1.98. The summed E-state index contributed by atoms with van der Waals surface area (Å²) in [6, 6.07) is 0. The molecule has 0 N–H and O–H groups in total. The minimum atomic E-state index is -0.498. The summed E-state index contributed by atoms with van der Waals surface area (Å²) in [4.78, 5) is 10.3. The van der Waals surface area contributed by atoms with E-state index in [-0.39, 0.29) is 0 Å². The highest BCUT2D eigenvalue weighted by Gasteiger charge is 1.85. The molecule has 0 bridgehead atoms. The molecule has 0 radical (unpaired) electrons. The van der Waals surface area contributed by atoms with Crippen LogP contribution in [0.4, 0.5) is 0 Å². The molecule has 0 aromatic rings. The Morgan fingerprint density at radius 2 is 1.77 bits per heavy atom. The summed E-state index contributed by atoms with van der Waals surface area (Å²) in [5, 5.41) is -0.498. The molecule has 0 atom stereocenters. The third-order valence-corrected chi connectivity index (χ3v) is 1.08. The molecular weight excluding hydrogens is 184 g/mol. The molecule has 0 saturated heterocycles. The molecule has 1 nitrogen and oxygen atoms in total. The third kappa shape index (κ3) is 10.9. The van der Waals surface area contributed by atoms with Gasteiger partial charge in [0.05, 0.1) is 0 Å². The van der Waals surface area contributed by atoms with Gasteiger partial charge < -0.3 is 0 Å². The van der Waals surface area contributed by atoms with Gasteiger partial charge in [0.2, 0.25) is 5.24 Å². The monoisotopic (exact) mass is 198 g/mol. The molecule has 0 aromatic carbocycles. The number of hydrogen-bond acceptors (Lipinski definition) is 1. The van der Waals surface area contributed by atoms with Gasteiger partial charge in [-0.2, -0.15) is 0 Å². The van der Waals surface area contributed by atoms with Gasteiger partial charge in [-0.15, -0.1) is 0 Å². The summed E-state index contributed by atoms with van der Waals surface area (Å²) in [6.45, 7) is 11.0. The maximum absolute atomic E-state index is 10.3. The maximum Gasteiger partial charge on any atom is 0.245 e. The summed E-state index contributed by atoms with van der Waals surface area (Å²) in [5.74, 6) is 0. The Kier molecular flexibility index (Phi) is 12.1. The Hall–Kier alpha value is -1.08. The first-order valence-corrected chi connectivity index (χ1v) is 4.41. The standard InChI is InChI=1S/C9H9ClO.C2H6/c1-3-5-8(4-2)6-7-9(10)11;1-2/h3-7H,1-2H2;1-2H3/b7-6+,8-5+;. The first-order chi connectivity index (χ1) is 6.20. The molecule has 0 fully saturated rings. The van der Waals surface area contributed by atoms with Crippen LogP contribution in [-0.2, 0) is 4.79 Å². The van der Waals surface area contributed by atoms with E-state index < -0.39 is 5.24 Å². The number of carbonyl (C=O) groups excluding carboxylic acids is 1. The Morgan fingerprint density at radius 3 is 2.08 bits per heavy atom. The Labute approximate surface area is 85.1 Å². The molecule has 2 heteroatoms. The van der Waals surface area contributed by atoms with Crippen molar-refractivity contribution in [1.29, 1.82) is 0 Å². The van der Waals surface area contributed by atoms with Crippen molar-refractivity contribution in [3.05, 3.63) is 49.1 Å². The number of halogens is 1. The summed E-state index contributed by atoms with van der Waals surface area (Å²) < 4.78 is 0. The first kappa shape index (κ1) is 14.4. The highest BCUT2D eigenvalue weighted by atomic mass is 35.5. The average molecular weight is 199 g/mol. The minimum Gasteiger partial charge on any atom is -0.276 e. The molecule has 13 heavy (non-hydrogen) atoms. The predicted molar refractivity (Wildman–Crippen MR) is 59.8 cm³/mol. The molecule has 0 spiro atoms. The molecule has 0 aliphatic rings. The lowest BCUT2D eigenvalue weighted by Crippen LogP contribution is -1.76. The molecule has 0 rings (SSSR count). The molecular formula is C11H15ClO. The van der Waals surface area contributed by atoms with E-state index in [1.807, 2.05) is 13.8 Å². The van der Waals surface area contributed by atoms with Crippen molar-refractivity contribution in [1.82, 2.24) is 0 Å². The number of rotatable bonds is 4. The van der Waals surface area contributed by atoms with Crippen LogP contribution in [0.3, 0.4) is 0 Å². The van der Waals surface area contributed by atoms with Crippen LogP contribution < -0.4 is 0 Å². The van der Waals surface area contributed by atoms with Crippen molar-refractivity contribution in [2.45, 2.75) is 13.8 Å². The molecule has 0 aliphatic carbocycles. The van der Waals surface area contributed by atoms with Gasteiger partial charge in [0.1, 0.15) is 0 Å². The summed E-state index contributed by atoms with van der Waals surface area (Å²) >= 11 is 5.07. The fourth-order valence-corrected chi connectivity index (χ4v) is 0.552. The summed E-state index contributed by atoms with van der Waals surface area (Å²) in [6.07, 6.45) is 7.78. The van der Waals surface area contributed by atoms with E-state index in [1.54, 1.807) is 24.3 Å². The lowest BCUT2D eigenvalue weighted by atomic mass is 10.2. The normalized spacial score (nSPS) is 10.2. The Balaban J connectivity index is 0. The molecule has 0 aliphatic heterocycles. The van der Waals surface area contributed by atoms with Crippen LogP contribution in [0.25, 0.3) is 0 Å². The van der Waals surface area contributed by atoms with E-state index in [4.69, 9.17) is 11.6 Å². The largest absolute Gasteiger partial charge is 0.276 e. The van der Waals surface area contributed by atoms with Gasteiger partial charge in [-0.05, 0) is 23.3 Å². The smallest absolute Gasteiger partial charge is 0.245 e. The van der Waals surface area contributed by atoms with Crippen molar-refractivity contribution in [3.8, 4) is 0 Å². The van der Waals surface area contributed by atoms with Crippen LogP contribution in [0, 0.1) is 0 Å². The van der Waals surface area contributed by atoms with Gasteiger partial charge in [0, 0.05) is 0 Å². The van der Waals surface area contributed by atoms with Crippen molar-refractivity contribution in [3.63, 3.8) is 0 Å². The summed E-state index contributed by atoms with van der Waals surface area (Å²) in [5.41, 5.74) is 0.800. The number of carbonyl (C=O) groups is 1. The van der Waals surface area contributed by atoms with Crippen molar-refractivity contribution in [2.24, 2.45) is 0 Å². The van der Waals surface area contributed by atoms with Crippen molar-refractivity contribution in [2.75, 3.05) is 0 Å². The third-order valence-electron chi connectivity index (χ3n) is 0.953. The van der Waals surface area contributed by atoms with Crippen LogP contribution in [0.5, 0.6) is 0 Å². The maximum atomic E-state index is 10.3. The van der Waals surface area contributed by atoms with Crippen LogP contribution in [0.2, 0.25) is 0 Å². The zero-order valence-electron chi connectivity index (χ0n) is 8.09. The quantitative estimate of drug-likeness (QED) is 0.383. The van der Waals surface area contributed by atoms with Crippen LogP contribution >= 0.6 is 11.6 Å². The highest BCUT2D eigenvalue weighted by molar-refractivity contribution is 6.66. The lowest BCUT2D eigenvalue weighted by molar-refractivity contribution is -0.107. The van der Waals surface area contributed by atoms with Gasteiger partial charge in [-0.3, -0.25) is 4.79 Å². The van der Waals surface area contributed by atoms with Crippen LogP contribution in [-0.4, -0.2) is 5.24 Å². The van der Waals surface area contributed by atoms with Gasteiger partial charge in [-0.25, -0.2) is 0 Å². The summed E-state index contributed by atoms with van der Waals surface area (Å²) in [7, 11) is 0. The fraction of sp³-hybridized carbons (Fsp3) is 0.182. The van der Waals surface area contributed by atoms with Gasteiger partial charge in [-0.1, -0.05) is 51.3 Å². The number of hydrogen-bond donors (Lipinski definition) is 0. The van der Waals surface area contributed by atoms with Crippen molar-refractivity contribution < 1.29 is 4.79 Å². The van der Waals surface area contributed by atoms with Crippen LogP contribution in [0.1, 0.15) is 13.8 Å². The second-order valence-corrected chi connectivity index (χ2v) is 2.12. The van der Waals surface area contributed by atoms with Gasteiger partial charge in [0.15, 0.2) is 0 Å². The van der Waals surface area contributed by atoms with E-state index in [1.165, 1.54) is 6.08 Å². The minimum absolute atomic E-state index is 0.498. The molecule has 0 saturated carbocycles.